The lowest BCUT2D eigenvalue weighted by Gasteiger charge is -2.18. The Balaban J connectivity index is 1.62. The molecule has 4 rings (SSSR count). The first-order chi connectivity index (χ1) is 14.8. The predicted molar refractivity (Wildman–Crippen MR) is 111 cm³/mol. The van der Waals surface area contributed by atoms with Gasteiger partial charge in [-0.2, -0.15) is 0 Å². The van der Waals surface area contributed by atoms with E-state index >= 15 is 0 Å². The molecule has 11 nitrogen and oxygen atoms in total. The van der Waals surface area contributed by atoms with Crippen LogP contribution in [0.5, 0.6) is 0 Å². The number of benzene rings is 1. The molecular formula is C19H18BrN5O6. The average Bonchev–Trinajstić information content (AvgIpc) is 3.21. The number of ether oxygens (including phenoxy) is 2. The minimum Gasteiger partial charge on any atom is -0.459 e. The first-order valence-corrected chi connectivity index (χ1v) is 9.94. The second kappa shape index (κ2) is 8.23. The zero-order chi connectivity index (χ0) is 22.3. The van der Waals surface area contributed by atoms with Gasteiger partial charge in [-0.25, -0.2) is 14.8 Å². The van der Waals surface area contributed by atoms with E-state index in [-0.39, 0.29) is 33.6 Å². The highest BCUT2D eigenvalue weighted by molar-refractivity contribution is 9.10. The van der Waals surface area contributed by atoms with Crippen LogP contribution in [-0.2, 0) is 9.47 Å². The molecule has 162 valence electrons. The number of hydrogen-bond acceptors (Lipinski definition) is 9. The number of hydrogen-bond donors (Lipinski definition) is 4. The number of carbonyl (C=O) groups is 2. The summed E-state index contributed by atoms with van der Waals surface area (Å²) in [7, 11) is 0. The van der Waals surface area contributed by atoms with Crippen molar-refractivity contribution >= 4 is 44.7 Å². The molecular weight excluding hydrogens is 474 g/mol. The lowest BCUT2D eigenvalue weighted by Crippen LogP contribution is -2.34. The molecule has 1 amide bonds. The van der Waals surface area contributed by atoms with Gasteiger partial charge in [0.25, 0.3) is 5.91 Å². The van der Waals surface area contributed by atoms with Crippen molar-refractivity contribution in [3.05, 3.63) is 52.4 Å². The summed E-state index contributed by atoms with van der Waals surface area (Å²) in [6.07, 6.45) is -3.83. The van der Waals surface area contributed by atoms with Gasteiger partial charge in [0.05, 0.1) is 16.5 Å². The number of amides is 1. The summed E-state index contributed by atoms with van der Waals surface area (Å²) >= 11 is 3.28. The van der Waals surface area contributed by atoms with E-state index in [1.54, 1.807) is 30.3 Å². The SMILES string of the molecule is NC(=O)c1c(Br)n([C@H]2O[C@@H](COC(=O)c3ccccc3)[C@H](O)[C@@H]2O)c2ncnc(N)c12. The minimum absolute atomic E-state index is 0.0114. The summed E-state index contributed by atoms with van der Waals surface area (Å²) in [5.41, 5.74) is 11.9. The molecule has 6 N–H and O–H groups in total. The number of aromatic nitrogens is 3. The lowest BCUT2D eigenvalue weighted by atomic mass is 10.1. The molecule has 0 unspecified atom stereocenters. The number of nitrogens with two attached hydrogens (primary N) is 2. The van der Waals surface area contributed by atoms with Crippen molar-refractivity contribution in [2.45, 2.75) is 24.5 Å². The summed E-state index contributed by atoms with van der Waals surface area (Å²) in [6, 6.07) is 8.32. The Bertz CT molecular complexity index is 1150. The molecule has 2 aromatic heterocycles. The first kappa shape index (κ1) is 21.2. The Morgan fingerprint density at radius 1 is 1.19 bits per heavy atom. The van der Waals surface area contributed by atoms with Gasteiger partial charge in [-0.05, 0) is 28.1 Å². The van der Waals surface area contributed by atoms with E-state index in [4.69, 9.17) is 20.9 Å². The maximum atomic E-state index is 12.2. The van der Waals surface area contributed by atoms with Gasteiger partial charge in [-0.1, -0.05) is 18.2 Å². The normalized spacial score (nSPS) is 23.2. The van der Waals surface area contributed by atoms with Crippen LogP contribution >= 0.6 is 15.9 Å². The number of carbonyl (C=O) groups excluding carboxylic acids is 2. The number of fused-ring (bicyclic) bond motifs is 1. The molecule has 0 saturated carbocycles. The van der Waals surface area contributed by atoms with Crippen LogP contribution in [0.4, 0.5) is 5.82 Å². The molecule has 3 aromatic rings. The third kappa shape index (κ3) is 3.63. The van der Waals surface area contributed by atoms with Crippen LogP contribution in [0.15, 0.2) is 41.3 Å². The molecule has 1 fully saturated rings. The van der Waals surface area contributed by atoms with Crippen molar-refractivity contribution in [2.75, 3.05) is 12.3 Å². The number of halogens is 1. The highest BCUT2D eigenvalue weighted by Crippen LogP contribution is 2.39. The molecule has 0 spiro atoms. The molecule has 31 heavy (non-hydrogen) atoms. The van der Waals surface area contributed by atoms with E-state index in [9.17, 15) is 19.8 Å². The third-order valence-corrected chi connectivity index (χ3v) is 5.76. The highest BCUT2D eigenvalue weighted by atomic mass is 79.9. The van der Waals surface area contributed by atoms with Gasteiger partial charge in [0, 0.05) is 0 Å². The monoisotopic (exact) mass is 491 g/mol. The number of nitrogens with zero attached hydrogens (tertiary/aromatic N) is 3. The number of anilines is 1. The highest BCUT2D eigenvalue weighted by Gasteiger charge is 2.46. The number of aliphatic hydroxyl groups is 2. The van der Waals surface area contributed by atoms with Crippen molar-refractivity contribution in [3.8, 4) is 0 Å². The molecule has 1 aliphatic heterocycles. The van der Waals surface area contributed by atoms with E-state index < -0.39 is 36.4 Å². The number of rotatable bonds is 5. The van der Waals surface area contributed by atoms with Crippen molar-refractivity contribution in [2.24, 2.45) is 5.73 Å². The van der Waals surface area contributed by atoms with Crippen LogP contribution in [0.25, 0.3) is 11.0 Å². The van der Waals surface area contributed by atoms with Gasteiger partial charge < -0.3 is 31.2 Å². The van der Waals surface area contributed by atoms with Gasteiger partial charge in [0.1, 0.15) is 47.3 Å². The van der Waals surface area contributed by atoms with Crippen LogP contribution in [0.1, 0.15) is 26.9 Å². The van der Waals surface area contributed by atoms with E-state index in [0.717, 1.165) is 0 Å². The summed E-state index contributed by atoms with van der Waals surface area (Å²) in [4.78, 5) is 32.2. The smallest absolute Gasteiger partial charge is 0.338 e. The zero-order valence-corrected chi connectivity index (χ0v) is 17.5. The molecule has 3 heterocycles. The molecule has 4 atom stereocenters. The van der Waals surface area contributed by atoms with Gasteiger partial charge in [-0.15, -0.1) is 0 Å². The second-order valence-corrected chi connectivity index (χ2v) is 7.62. The summed E-state index contributed by atoms with van der Waals surface area (Å²) in [5, 5.41) is 21.3. The predicted octanol–water partition coefficient (Wildman–Crippen LogP) is 0.351. The molecule has 0 aliphatic carbocycles. The fraction of sp³-hybridized carbons (Fsp3) is 0.263. The van der Waals surface area contributed by atoms with Gasteiger partial charge in [0.15, 0.2) is 6.23 Å². The van der Waals surface area contributed by atoms with Crippen molar-refractivity contribution in [3.63, 3.8) is 0 Å². The molecule has 0 radical (unpaired) electrons. The van der Waals surface area contributed by atoms with Gasteiger partial charge >= 0.3 is 5.97 Å². The average molecular weight is 492 g/mol. The van der Waals surface area contributed by atoms with Crippen LogP contribution in [0.3, 0.4) is 0 Å². The van der Waals surface area contributed by atoms with E-state index in [1.807, 2.05) is 0 Å². The maximum Gasteiger partial charge on any atom is 0.338 e. The Hall–Kier alpha value is -3.06. The Kier molecular flexibility index (Phi) is 5.62. The van der Waals surface area contributed by atoms with Crippen LogP contribution in [0.2, 0.25) is 0 Å². The number of primary amides is 1. The second-order valence-electron chi connectivity index (χ2n) is 6.87. The molecule has 12 heteroatoms. The fourth-order valence-electron chi connectivity index (χ4n) is 3.48. The van der Waals surface area contributed by atoms with Gasteiger partial charge in [-0.3, -0.25) is 9.36 Å². The van der Waals surface area contributed by atoms with E-state index in [2.05, 4.69) is 25.9 Å². The number of nitrogen functional groups attached to an aromatic ring is 1. The zero-order valence-electron chi connectivity index (χ0n) is 15.9. The topological polar surface area (TPSA) is 176 Å². The van der Waals surface area contributed by atoms with Crippen molar-refractivity contribution in [1.82, 2.24) is 14.5 Å². The Labute approximate surface area is 183 Å². The summed E-state index contributed by atoms with van der Waals surface area (Å²) < 4.78 is 12.5. The number of aliphatic hydroxyl groups excluding tert-OH is 2. The number of esters is 1. The third-order valence-electron chi connectivity index (χ3n) is 4.98. The van der Waals surface area contributed by atoms with Gasteiger partial charge in [0.2, 0.25) is 0 Å². The Morgan fingerprint density at radius 2 is 1.90 bits per heavy atom. The minimum atomic E-state index is -1.43. The quantitative estimate of drug-likeness (QED) is 0.366. The fourth-order valence-corrected chi connectivity index (χ4v) is 4.24. The van der Waals surface area contributed by atoms with Crippen LogP contribution in [-0.4, -0.2) is 61.5 Å². The molecule has 1 aromatic carbocycles. The van der Waals surface area contributed by atoms with Crippen LogP contribution < -0.4 is 11.5 Å². The lowest BCUT2D eigenvalue weighted by molar-refractivity contribution is -0.0571. The van der Waals surface area contributed by atoms with E-state index in [1.165, 1.54) is 10.9 Å². The van der Waals surface area contributed by atoms with Crippen molar-refractivity contribution in [1.29, 1.82) is 0 Å². The Morgan fingerprint density at radius 3 is 2.58 bits per heavy atom. The first-order valence-electron chi connectivity index (χ1n) is 9.14. The summed E-state index contributed by atoms with van der Waals surface area (Å²) in [6.45, 7) is -0.306. The van der Waals surface area contributed by atoms with Crippen LogP contribution in [0, 0.1) is 0 Å². The largest absolute Gasteiger partial charge is 0.459 e. The molecule has 1 aliphatic rings. The molecule has 1 saturated heterocycles. The van der Waals surface area contributed by atoms with E-state index in [0.29, 0.717) is 5.56 Å². The standard InChI is InChI=1S/C19H18BrN5O6/c20-14-10(16(22)28)11-15(21)23-7-24-17(11)25(14)18-13(27)12(26)9(31-18)6-30-19(29)8-4-2-1-3-5-8/h1-5,7,9,12-13,18,26-27H,6H2,(H2,22,28)(H2,21,23,24)/t9-,12-,13-,18-/m0/s1. The molecule has 0 bridgehead atoms. The maximum absolute atomic E-state index is 12.2. The van der Waals surface area contributed by atoms with Crippen molar-refractivity contribution < 1.29 is 29.3 Å². The summed E-state index contributed by atoms with van der Waals surface area (Å²) in [5.74, 6) is -1.38.